The highest BCUT2D eigenvalue weighted by Crippen LogP contribution is 2.29. The van der Waals surface area contributed by atoms with E-state index in [9.17, 15) is 18.4 Å². The Bertz CT molecular complexity index is 620. The van der Waals surface area contributed by atoms with Gasteiger partial charge in [-0.05, 0) is 37.0 Å². The first-order valence-corrected chi connectivity index (χ1v) is 9.57. The van der Waals surface area contributed by atoms with Crippen molar-refractivity contribution in [2.75, 3.05) is 20.2 Å². The minimum absolute atomic E-state index is 0.0699. The molecule has 0 bridgehead atoms. The maximum atomic E-state index is 12.5. The Balaban J connectivity index is 2.45. The van der Waals surface area contributed by atoms with Crippen LogP contribution in [0, 0.1) is 0 Å². The van der Waals surface area contributed by atoms with Crippen LogP contribution in [0.4, 0.5) is 8.78 Å². The second-order valence-electron chi connectivity index (χ2n) is 6.37. The zero-order chi connectivity index (χ0) is 20.9. The first-order valence-electron chi connectivity index (χ1n) is 9.57. The van der Waals surface area contributed by atoms with Crippen LogP contribution in [0.1, 0.15) is 51.5 Å². The number of hydrogen-bond donors (Lipinski definition) is 1. The number of ether oxygens (including phenoxy) is 2. The zero-order valence-electron chi connectivity index (χ0n) is 16.8. The van der Waals surface area contributed by atoms with Crippen molar-refractivity contribution in [3.8, 4) is 11.5 Å². The Morgan fingerprint density at radius 1 is 1.11 bits per heavy atom. The summed E-state index contributed by atoms with van der Waals surface area (Å²) in [6, 6.07) is 4.57. The molecule has 0 saturated carbocycles. The second kappa shape index (κ2) is 12.9. The molecule has 0 saturated heterocycles. The van der Waals surface area contributed by atoms with Crippen LogP contribution in [0.25, 0.3) is 0 Å². The summed E-state index contributed by atoms with van der Waals surface area (Å²) in [5.41, 5.74) is 0.609. The Morgan fingerprint density at radius 3 is 2.36 bits per heavy atom. The summed E-state index contributed by atoms with van der Waals surface area (Å²) in [6.45, 7) is 2.74. The molecule has 1 rings (SSSR count). The predicted octanol–water partition coefficient (Wildman–Crippen LogP) is 3.73. The molecule has 2 amide bonds. The van der Waals surface area contributed by atoms with Gasteiger partial charge in [-0.3, -0.25) is 9.59 Å². The molecule has 1 N–H and O–H groups in total. The number of hydrogen-bond acceptors (Lipinski definition) is 4. The van der Waals surface area contributed by atoms with Crippen LogP contribution in [0.15, 0.2) is 18.2 Å². The summed E-state index contributed by atoms with van der Waals surface area (Å²) >= 11 is 0. The van der Waals surface area contributed by atoms with Crippen molar-refractivity contribution >= 4 is 11.8 Å². The Kier molecular flexibility index (Phi) is 10.9. The number of methoxy groups -OCH3 is 1. The van der Waals surface area contributed by atoms with Gasteiger partial charge in [-0.15, -0.1) is 0 Å². The van der Waals surface area contributed by atoms with Gasteiger partial charge in [0.05, 0.1) is 7.11 Å². The molecule has 6 nitrogen and oxygen atoms in total. The van der Waals surface area contributed by atoms with E-state index in [0.29, 0.717) is 18.4 Å². The average molecular weight is 400 g/mol. The van der Waals surface area contributed by atoms with E-state index in [2.05, 4.69) is 10.1 Å². The fourth-order valence-corrected chi connectivity index (χ4v) is 2.77. The van der Waals surface area contributed by atoms with Crippen LogP contribution in [0.3, 0.4) is 0 Å². The molecule has 1 aromatic rings. The topological polar surface area (TPSA) is 67.9 Å². The third-order valence-electron chi connectivity index (χ3n) is 4.07. The number of benzene rings is 1. The molecule has 0 atom stereocenters. The lowest BCUT2D eigenvalue weighted by Gasteiger charge is -2.21. The van der Waals surface area contributed by atoms with Crippen molar-refractivity contribution in [2.24, 2.45) is 0 Å². The molecular formula is C20H30F2N2O4. The summed E-state index contributed by atoms with van der Waals surface area (Å²) in [6.07, 6.45) is 2.85. The summed E-state index contributed by atoms with van der Waals surface area (Å²) in [7, 11) is 1.36. The highest BCUT2D eigenvalue weighted by atomic mass is 19.3. The maximum absolute atomic E-state index is 12.5. The number of alkyl halides is 2. The van der Waals surface area contributed by atoms with Crippen molar-refractivity contribution in [1.82, 2.24) is 10.2 Å². The third kappa shape index (κ3) is 8.54. The van der Waals surface area contributed by atoms with Crippen LogP contribution in [0.5, 0.6) is 11.5 Å². The lowest BCUT2D eigenvalue weighted by atomic mass is 10.1. The first kappa shape index (κ1) is 23.7. The molecule has 0 aliphatic rings. The van der Waals surface area contributed by atoms with Crippen molar-refractivity contribution in [3.05, 3.63) is 23.8 Å². The zero-order valence-corrected chi connectivity index (χ0v) is 16.8. The average Bonchev–Trinajstić information content (AvgIpc) is 2.65. The summed E-state index contributed by atoms with van der Waals surface area (Å²) in [4.78, 5) is 26.0. The Morgan fingerprint density at radius 2 is 1.79 bits per heavy atom. The van der Waals surface area contributed by atoms with E-state index in [4.69, 9.17) is 4.74 Å². The van der Waals surface area contributed by atoms with E-state index in [1.165, 1.54) is 19.2 Å². The lowest BCUT2D eigenvalue weighted by molar-refractivity contribution is -0.131. The Labute approximate surface area is 165 Å². The highest BCUT2D eigenvalue weighted by Gasteiger charge is 2.13. The molecule has 158 valence electrons. The maximum Gasteiger partial charge on any atom is 0.387 e. The molecule has 0 spiro atoms. The molecule has 0 fully saturated rings. The molecule has 8 heteroatoms. The van der Waals surface area contributed by atoms with Gasteiger partial charge in [0.1, 0.15) is 0 Å². The molecule has 28 heavy (non-hydrogen) atoms. The smallest absolute Gasteiger partial charge is 0.387 e. The summed E-state index contributed by atoms with van der Waals surface area (Å²) in [5.74, 6) is -0.0164. The molecule has 0 aromatic heterocycles. The molecule has 0 unspecified atom stereocenters. The third-order valence-corrected chi connectivity index (χ3v) is 4.07. The molecule has 0 aliphatic carbocycles. The number of amides is 2. The summed E-state index contributed by atoms with van der Waals surface area (Å²) in [5, 5.41) is 2.72. The number of halogens is 2. The van der Waals surface area contributed by atoms with E-state index in [0.717, 1.165) is 25.9 Å². The van der Waals surface area contributed by atoms with Gasteiger partial charge in [-0.25, -0.2) is 0 Å². The van der Waals surface area contributed by atoms with Gasteiger partial charge >= 0.3 is 6.61 Å². The minimum atomic E-state index is -2.96. The number of carbonyl (C=O) groups is 2. The largest absolute Gasteiger partial charge is 0.493 e. The number of rotatable bonds is 13. The minimum Gasteiger partial charge on any atom is -0.493 e. The standard InChI is InChI=1S/C20H30F2N2O4/c1-4-11-24(12-5-2)19(26)8-6-7-18(25)23-14-15-9-10-16(27-3)17(13-15)28-20(21)22/h9-10,13,20H,4-8,11-12,14H2,1-3H3,(H,23,25). The van der Waals surface area contributed by atoms with Gasteiger partial charge in [0.2, 0.25) is 11.8 Å². The number of carbonyl (C=O) groups excluding carboxylic acids is 2. The second-order valence-corrected chi connectivity index (χ2v) is 6.37. The van der Waals surface area contributed by atoms with Crippen molar-refractivity contribution < 1.29 is 27.8 Å². The van der Waals surface area contributed by atoms with E-state index in [1.54, 1.807) is 6.07 Å². The number of nitrogens with one attached hydrogen (secondary N) is 1. The quantitative estimate of drug-likeness (QED) is 0.548. The predicted molar refractivity (Wildman–Crippen MR) is 102 cm³/mol. The SMILES string of the molecule is CCCN(CCC)C(=O)CCCC(=O)NCc1ccc(OC)c(OC(F)F)c1. The van der Waals surface area contributed by atoms with Crippen LogP contribution >= 0.6 is 0 Å². The lowest BCUT2D eigenvalue weighted by Crippen LogP contribution is -2.32. The van der Waals surface area contributed by atoms with Crippen molar-refractivity contribution in [3.63, 3.8) is 0 Å². The first-order chi connectivity index (χ1) is 13.4. The van der Waals surface area contributed by atoms with Gasteiger partial charge in [0, 0.05) is 32.5 Å². The van der Waals surface area contributed by atoms with Crippen LogP contribution in [0.2, 0.25) is 0 Å². The molecular weight excluding hydrogens is 370 g/mol. The highest BCUT2D eigenvalue weighted by molar-refractivity contribution is 5.79. The van der Waals surface area contributed by atoms with Gasteiger partial charge in [0.15, 0.2) is 11.5 Å². The molecule has 0 radical (unpaired) electrons. The van der Waals surface area contributed by atoms with Gasteiger partial charge in [0.25, 0.3) is 0 Å². The van der Waals surface area contributed by atoms with E-state index < -0.39 is 6.61 Å². The van der Waals surface area contributed by atoms with Gasteiger partial charge < -0.3 is 19.7 Å². The van der Waals surface area contributed by atoms with Crippen LogP contribution in [-0.4, -0.2) is 43.5 Å². The molecule has 0 heterocycles. The van der Waals surface area contributed by atoms with Crippen molar-refractivity contribution in [2.45, 2.75) is 59.1 Å². The monoisotopic (exact) mass is 400 g/mol. The van der Waals surface area contributed by atoms with E-state index >= 15 is 0 Å². The van der Waals surface area contributed by atoms with Crippen molar-refractivity contribution in [1.29, 1.82) is 0 Å². The molecule has 0 aliphatic heterocycles. The van der Waals surface area contributed by atoms with E-state index in [1.807, 2.05) is 18.7 Å². The fourth-order valence-electron chi connectivity index (χ4n) is 2.77. The normalized spacial score (nSPS) is 10.6. The van der Waals surface area contributed by atoms with E-state index in [-0.39, 0.29) is 36.3 Å². The Hall–Kier alpha value is -2.38. The van der Waals surface area contributed by atoms with Crippen LogP contribution < -0.4 is 14.8 Å². The molecule has 1 aromatic carbocycles. The fraction of sp³-hybridized carbons (Fsp3) is 0.600. The number of nitrogens with zero attached hydrogens (tertiary/aromatic N) is 1. The van der Waals surface area contributed by atoms with Gasteiger partial charge in [-0.2, -0.15) is 8.78 Å². The summed E-state index contributed by atoms with van der Waals surface area (Å²) < 4.78 is 34.3. The van der Waals surface area contributed by atoms with Gasteiger partial charge in [-0.1, -0.05) is 19.9 Å². The van der Waals surface area contributed by atoms with Crippen LogP contribution in [-0.2, 0) is 16.1 Å².